The first kappa shape index (κ1) is 18.6. The number of benzene rings is 1. The first-order valence-corrected chi connectivity index (χ1v) is 10.5. The van der Waals surface area contributed by atoms with Gasteiger partial charge >= 0.3 is 0 Å². The van der Waals surface area contributed by atoms with Crippen molar-refractivity contribution < 1.29 is 4.74 Å². The molecule has 0 spiro atoms. The summed E-state index contributed by atoms with van der Waals surface area (Å²) in [6, 6.07) is 12.0. The van der Waals surface area contributed by atoms with Crippen LogP contribution in [0.2, 0.25) is 0 Å². The van der Waals surface area contributed by atoms with Crippen molar-refractivity contribution in [2.24, 2.45) is 16.0 Å². The van der Waals surface area contributed by atoms with E-state index in [1.807, 2.05) is 42.1 Å². The summed E-state index contributed by atoms with van der Waals surface area (Å²) in [4.78, 5) is 6.84. The molecule has 0 bridgehead atoms. The Morgan fingerprint density at radius 2 is 1.96 bits per heavy atom. The molecule has 26 heavy (non-hydrogen) atoms. The summed E-state index contributed by atoms with van der Waals surface area (Å²) in [5, 5.41) is 8.89. The Morgan fingerprint density at radius 3 is 2.62 bits per heavy atom. The second kappa shape index (κ2) is 8.96. The lowest BCUT2D eigenvalue weighted by atomic mass is 10.2. The van der Waals surface area contributed by atoms with E-state index in [2.05, 4.69) is 36.7 Å². The zero-order valence-corrected chi connectivity index (χ0v) is 16.9. The number of hydrogen-bond donors (Lipinski definition) is 0. The fourth-order valence-corrected chi connectivity index (χ4v) is 3.97. The number of thiazole rings is 1. The molecule has 0 fully saturated rings. The Kier molecular flexibility index (Phi) is 6.41. The standard InChI is InChI=1S/C20H23N3OS2/c1-4-24-17-9-7-16(8-10-17)22-20-23(21-12-11-15(2)3)18(14-26-20)19-6-5-13-25-19/h5-10,12-15H,4,11H2,1-3H3. The maximum Gasteiger partial charge on any atom is 0.211 e. The third kappa shape index (κ3) is 4.71. The number of aromatic nitrogens is 1. The van der Waals surface area contributed by atoms with E-state index in [0.29, 0.717) is 12.5 Å². The van der Waals surface area contributed by atoms with Crippen LogP contribution in [0.25, 0.3) is 10.6 Å². The molecule has 0 radical (unpaired) electrons. The Morgan fingerprint density at radius 1 is 1.15 bits per heavy atom. The van der Waals surface area contributed by atoms with E-state index in [0.717, 1.165) is 28.4 Å². The summed E-state index contributed by atoms with van der Waals surface area (Å²) >= 11 is 3.31. The van der Waals surface area contributed by atoms with Crippen molar-refractivity contribution in [1.29, 1.82) is 0 Å². The van der Waals surface area contributed by atoms with Crippen molar-refractivity contribution in [2.75, 3.05) is 6.61 Å². The highest BCUT2D eigenvalue weighted by Crippen LogP contribution is 2.25. The van der Waals surface area contributed by atoms with Gasteiger partial charge in [-0.15, -0.1) is 22.7 Å². The largest absolute Gasteiger partial charge is 0.494 e. The molecule has 0 saturated carbocycles. The predicted molar refractivity (Wildman–Crippen MR) is 112 cm³/mol. The normalized spacial score (nSPS) is 12.4. The summed E-state index contributed by atoms with van der Waals surface area (Å²) in [5.74, 6) is 1.44. The summed E-state index contributed by atoms with van der Waals surface area (Å²) in [7, 11) is 0. The van der Waals surface area contributed by atoms with E-state index in [1.165, 1.54) is 4.88 Å². The monoisotopic (exact) mass is 385 g/mol. The van der Waals surface area contributed by atoms with E-state index in [9.17, 15) is 0 Å². The third-order valence-electron chi connectivity index (χ3n) is 3.61. The van der Waals surface area contributed by atoms with Crippen LogP contribution >= 0.6 is 22.7 Å². The highest BCUT2D eigenvalue weighted by Gasteiger charge is 2.08. The second-order valence-electron chi connectivity index (χ2n) is 6.16. The van der Waals surface area contributed by atoms with E-state index >= 15 is 0 Å². The number of ether oxygens (including phenoxy) is 1. The fourth-order valence-electron chi connectivity index (χ4n) is 2.32. The van der Waals surface area contributed by atoms with Crippen LogP contribution < -0.4 is 9.54 Å². The van der Waals surface area contributed by atoms with Crippen molar-refractivity contribution in [2.45, 2.75) is 27.2 Å². The summed E-state index contributed by atoms with van der Waals surface area (Å²) < 4.78 is 7.44. The molecule has 3 aromatic rings. The van der Waals surface area contributed by atoms with Crippen molar-refractivity contribution in [3.63, 3.8) is 0 Å². The Hall–Kier alpha value is -2.18. The number of hydrogen-bond acceptors (Lipinski definition) is 5. The van der Waals surface area contributed by atoms with Crippen LogP contribution in [-0.4, -0.2) is 17.5 Å². The maximum atomic E-state index is 5.50. The van der Waals surface area contributed by atoms with Gasteiger partial charge in [0.05, 0.1) is 22.9 Å². The van der Waals surface area contributed by atoms with Crippen molar-refractivity contribution in [3.05, 3.63) is 52.0 Å². The molecule has 6 heteroatoms. The van der Waals surface area contributed by atoms with Crippen molar-refractivity contribution in [1.82, 2.24) is 4.68 Å². The van der Waals surface area contributed by atoms with Crippen LogP contribution in [0.5, 0.6) is 5.75 Å². The molecule has 0 N–H and O–H groups in total. The molecule has 1 aromatic carbocycles. The van der Waals surface area contributed by atoms with Crippen LogP contribution in [0.15, 0.2) is 57.3 Å². The van der Waals surface area contributed by atoms with E-state index in [4.69, 9.17) is 14.8 Å². The summed E-state index contributed by atoms with van der Waals surface area (Å²) in [6.07, 6.45) is 2.92. The molecule has 2 aromatic heterocycles. The predicted octanol–water partition coefficient (Wildman–Crippen LogP) is 5.79. The first-order valence-electron chi connectivity index (χ1n) is 8.72. The lowest BCUT2D eigenvalue weighted by Gasteiger charge is -2.03. The highest BCUT2D eigenvalue weighted by molar-refractivity contribution is 7.14. The molecule has 4 nitrogen and oxygen atoms in total. The lowest BCUT2D eigenvalue weighted by molar-refractivity contribution is 0.340. The molecule has 3 rings (SSSR count). The van der Waals surface area contributed by atoms with Gasteiger partial charge in [-0.25, -0.2) is 9.67 Å². The zero-order valence-electron chi connectivity index (χ0n) is 15.3. The Balaban J connectivity index is 1.99. The van der Waals surface area contributed by atoms with Gasteiger partial charge in [0.15, 0.2) is 0 Å². The molecule has 0 saturated heterocycles. The SMILES string of the molecule is CCOc1ccc(N=c2scc(-c3cccs3)n2N=CCC(C)C)cc1. The zero-order chi connectivity index (χ0) is 18.4. The average Bonchev–Trinajstić information content (AvgIpc) is 3.27. The Labute approximate surface area is 162 Å². The van der Waals surface area contributed by atoms with Crippen LogP contribution in [0, 0.1) is 5.92 Å². The number of thiophene rings is 1. The third-order valence-corrected chi connectivity index (χ3v) is 5.31. The number of nitrogens with zero attached hydrogens (tertiary/aromatic N) is 3. The van der Waals surface area contributed by atoms with Crippen molar-refractivity contribution >= 4 is 34.6 Å². The lowest BCUT2D eigenvalue weighted by Crippen LogP contribution is -2.11. The smallest absolute Gasteiger partial charge is 0.211 e. The van der Waals surface area contributed by atoms with E-state index < -0.39 is 0 Å². The Bertz CT molecular complexity index is 903. The minimum Gasteiger partial charge on any atom is -0.494 e. The molecule has 0 aliphatic heterocycles. The van der Waals surface area contributed by atoms with Gasteiger partial charge in [-0.3, -0.25) is 0 Å². The quantitative estimate of drug-likeness (QED) is 0.474. The van der Waals surface area contributed by atoms with E-state index in [1.54, 1.807) is 22.7 Å². The van der Waals surface area contributed by atoms with Gasteiger partial charge < -0.3 is 4.74 Å². The molecule has 0 unspecified atom stereocenters. The van der Waals surface area contributed by atoms with Gasteiger partial charge in [0.2, 0.25) is 4.80 Å². The van der Waals surface area contributed by atoms with Gasteiger partial charge in [-0.2, -0.15) is 5.10 Å². The van der Waals surface area contributed by atoms with Crippen molar-refractivity contribution in [3.8, 4) is 16.3 Å². The molecule has 0 aliphatic carbocycles. The van der Waals surface area contributed by atoms with Crippen LogP contribution in [0.3, 0.4) is 0 Å². The molecular formula is C20H23N3OS2. The number of rotatable bonds is 7. The topological polar surface area (TPSA) is 38.9 Å². The minimum absolute atomic E-state index is 0.578. The van der Waals surface area contributed by atoms with Crippen LogP contribution in [-0.2, 0) is 0 Å². The van der Waals surface area contributed by atoms with Gasteiger partial charge in [-0.05, 0) is 55.0 Å². The molecule has 0 atom stereocenters. The van der Waals surface area contributed by atoms with Gasteiger partial charge in [0.1, 0.15) is 5.75 Å². The average molecular weight is 386 g/mol. The maximum absolute atomic E-state index is 5.50. The van der Waals surface area contributed by atoms with Gasteiger partial charge in [0.25, 0.3) is 0 Å². The molecule has 0 amide bonds. The highest BCUT2D eigenvalue weighted by atomic mass is 32.1. The van der Waals surface area contributed by atoms with Gasteiger partial charge in [-0.1, -0.05) is 19.9 Å². The summed E-state index contributed by atoms with van der Waals surface area (Å²) in [5.41, 5.74) is 1.97. The molecular weight excluding hydrogens is 362 g/mol. The molecule has 2 heterocycles. The second-order valence-corrected chi connectivity index (χ2v) is 7.94. The minimum atomic E-state index is 0.578. The van der Waals surface area contributed by atoms with Gasteiger partial charge in [0, 0.05) is 11.6 Å². The fraction of sp³-hybridized carbons (Fsp3) is 0.300. The van der Waals surface area contributed by atoms with Crippen LogP contribution in [0.1, 0.15) is 27.2 Å². The van der Waals surface area contributed by atoms with Crippen LogP contribution in [0.4, 0.5) is 5.69 Å². The molecule has 136 valence electrons. The molecule has 0 aliphatic rings. The summed E-state index contributed by atoms with van der Waals surface area (Å²) in [6.45, 7) is 7.02. The van der Waals surface area contributed by atoms with E-state index in [-0.39, 0.29) is 0 Å². The first-order chi connectivity index (χ1) is 12.7.